The Morgan fingerprint density at radius 3 is 2.86 bits per heavy atom. The van der Waals surface area contributed by atoms with E-state index in [1.165, 1.54) is 19.3 Å². The summed E-state index contributed by atoms with van der Waals surface area (Å²) in [6, 6.07) is 9.62. The van der Waals surface area contributed by atoms with Crippen LogP contribution in [0.4, 0.5) is 0 Å². The van der Waals surface area contributed by atoms with Gasteiger partial charge < -0.3 is 9.26 Å². The average Bonchev–Trinajstić information content (AvgIpc) is 2.98. The molecule has 0 spiro atoms. The summed E-state index contributed by atoms with van der Waals surface area (Å²) in [6.07, 6.45) is 4.07. The van der Waals surface area contributed by atoms with Crippen LogP contribution in [-0.2, 0) is 10.5 Å². The monoisotopic (exact) mass is 323 g/mol. The van der Waals surface area contributed by atoms with Crippen molar-refractivity contribution in [3.8, 4) is 11.3 Å². The van der Waals surface area contributed by atoms with Gasteiger partial charge in [0.25, 0.3) is 0 Å². The zero-order valence-corrected chi connectivity index (χ0v) is 13.3. The lowest BCUT2D eigenvalue weighted by atomic mass is 10.1. The number of benzene rings is 1. The van der Waals surface area contributed by atoms with Crippen molar-refractivity contribution in [2.24, 2.45) is 0 Å². The summed E-state index contributed by atoms with van der Waals surface area (Å²) in [7, 11) is 0. The van der Waals surface area contributed by atoms with Gasteiger partial charge in [-0.2, -0.15) is 11.8 Å². The van der Waals surface area contributed by atoms with Crippen LogP contribution in [0, 0.1) is 0 Å². The van der Waals surface area contributed by atoms with Crippen molar-refractivity contribution >= 4 is 23.4 Å². The molecule has 21 heavy (non-hydrogen) atoms. The van der Waals surface area contributed by atoms with Gasteiger partial charge in [-0.25, -0.2) is 0 Å². The first-order valence-corrected chi connectivity index (χ1v) is 8.75. The van der Waals surface area contributed by atoms with Crippen LogP contribution in [0.15, 0.2) is 34.9 Å². The highest BCUT2D eigenvalue weighted by atomic mass is 35.5. The van der Waals surface area contributed by atoms with E-state index in [2.05, 4.69) is 5.16 Å². The molecule has 5 heteroatoms. The van der Waals surface area contributed by atoms with Crippen molar-refractivity contribution in [2.75, 3.05) is 12.4 Å². The number of thioether (sulfide) groups is 1. The van der Waals surface area contributed by atoms with Crippen LogP contribution in [0.3, 0.4) is 0 Å². The van der Waals surface area contributed by atoms with Crippen LogP contribution in [0.25, 0.3) is 11.3 Å². The maximum Gasteiger partial charge on any atom is 0.147 e. The molecule has 0 saturated carbocycles. The summed E-state index contributed by atoms with van der Waals surface area (Å²) in [5.74, 6) is 2.76. The average molecular weight is 324 g/mol. The van der Waals surface area contributed by atoms with E-state index in [0.717, 1.165) is 40.2 Å². The van der Waals surface area contributed by atoms with E-state index in [1.54, 1.807) is 0 Å². The molecular weight excluding hydrogens is 306 g/mol. The van der Waals surface area contributed by atoms with Crippen LogP contribution >= 0.6 is 23.4 Å². The fourth-order valence-corrected chi connectivity index (χ4v) is 3.47. The molecule has 1 aromatic heterocycles. The van der Waals surface area contributed by atoms with Gasteiger partial charge in [-0.3, -0.25) is 0 Å². The van der Waals surface area contributed by atoms with Crippen molar-refractivity contribution < 1.29 is 9.26 Å². The van der Waals surface area contributed by atoms with E-state index in [0.29, 0.717) is 6.10 Å². The highest BCUT2D eigenvalue weighted by Gasteiger charge is 2.14. The molecule has 0 aliphatic carbocycles. The molecule has 2 heterocycles. The summed E-state index contributed by atoms with van der Waals surface area (Å²) >= 11 is 7.73. The number of rotatable bonds is 5. The molecule has 0 N–H and O–H groups in total. The molecule has 0 bridgehead atoms. The molecule has 0 amide bonds. The third kappa shape index (κ3) is 4.25. The predicted molar refractivity (Wildman–Crippen MR) is 86.7 cm³/mol. The number of hydrogen-bond donors (Lipinski definition) is 0. The standard InChI is InChI=1S/C16H18ClNO2S/c17-13-6-4-12(5-7-13)16-9-15(20-18-16)11-21-10-14-3-1-2-8-19-14/h4-7,9,14H,1-3,8,10-11H2. The lowest BCUT2D eigenvalue weighted by Gasteiger charge is -2.21. The molecule has 1 aliphatic heterocycles. The van der Waals surface area contributed by atoms with Gasteiger partial charge in [0.2, 0.25) is 0 Å². The van der Waals surface area contributed by atoms with E-state index in [1.807, 2.05) is 42.1 Å². The lowest BCUT2D eigenvalue weighted by molar-refractivity contribution is 0.0315. The summed E-state index contributed by atoms with van der Waals surface area (Å²) in [5, 5.41) is 4.85. The first-order chi connectivity index (χ1) is 10.3. The second-order valence-corrected chi connectivity index (χ2v) is 6.66. The largest absolute Gasteiger partial charge is 0.377 e. The second kappa shape index (κ2) is 7.34. The third-order valence-corrected chi connectivity index (χ3v) is 4.87. The summed E-state index contributed by atoms with van der Waals surface area (Å²) in [4.78, 5) is 0. The Balaban J connectivity index is 1.51. The van der Waals surface area contributed by atoms with E-state index in [9.17, 15) is 0 Å². The number of aromatic nitrogens is 1. The van der Waals surface area contributed by atoms with Crippen LogP contribution < -0.4 is 0 Å². The molecule has 3 rings (SSSR count). The fourth-order valence-electron chi connectivity index (χ4n) is 2.37. The molecule has 1 fully saturated rings. The first kappa shape index (κ1) is 14.9. The zero-order chi connectivity index (χ0) is 14.5. The normalized spacial score (nSPS) is 18.8. The second-order valence-electron chi connectivity index (χ2n) is 5.19. The van der Waals surface area contributed by atoms with Gasteiger partial charge in [0.1, 0.15) is 11.5 Å². The Bertz CT molecular complexity index is 564. The minimum atomic E-state index is 0.405. The highest BCUT2D eigenvalue weighted by molar-refractivity contribution is 7.98. The van der Waals surface area contributed by atoms with Gasteiger partial charge in [-0.1, -0.05) is 28.9 Å². The molecule has 3 nitrogen and oxygen atoms in total. The Morgan fingerprint density at radius 2 is 2.10 bits per heavy atom. The molecule has 112 valence electrons. The maximum atomic E-state index is 5.89. The Hall–Kier alpha value is -0.970. The van der Waals surface area contributed by atoms with Crippen LogP contribution in [0.2, 0.25) is 5.02 Å². The van der Waals surface area contributed by atoms with E-state index in [-0.39, 0.29) is 0 Å². The van der Waals surface area contributed by atoms with Gasteiger partial charge in [0.05, 0.1) is 11.9 Å². The van der Waals surface area contributed by atoms with Gasteiger partial charge in [-0.15, -0.1) is 0 Å². The van der Waals surface area contributed by atoms with E-state index >= 15 is 0 Å². The molecule has 1 unspecified atom stereocenters. The van der Waals surface area contributed by atoms with Crippen molar-refractivity contribution in [3.05, 3.63) is 41.1 Å². The maximum absolute atomic E-state index is 5.89. The third-order valence-electron chi connectivity index (χ3n) is 3.52. The van der Waals surface area contributed by atoms with Crippen LogP contribution in [-0.4, -0.2) is 23.6 Å². The van der Waals surface area contributed by atoms with E-state index in [4.69, 9.17) is 20.9 Å². The number of halogens is 1. The van der Waals surface area contributed by atoms with Crippen molar-refractivity contribution in [2.45, 2.75) is 31.1 Å². The van der Waals surface area contributed by atoms with Crippen molar-refractivity contribution in [3.63, 3.8) is 0 Å². The van der Waals surface area contributed by atoms with Crippen molar-refractivity contribution in [1.29, 1.82) is 0 Å². The van der Waals surface area contributed by atoms with Gasteiger partial charge in [0, 0.05) is 29.0 Å². The summed E-state index contributed by atoms with van der Waals surface area (Å²) < 4.78 is 11.1. The molecule has 1 aromatic carbocycles. The molecule has 0 radical (unpaired) electrons. The first-order valence-electron chi connectivity index (χ1n) is 7.22. The minimum absolute atomic E-state index is 0.405. The highest BCUT2D eigenvalue weighted by Crippen LogP contribution is 2.24. The lowest BCUT2D eigenvalue weighted by Crippen LogP contribution is -2.21. The minimum Gasteiger partial charge on any atom is -0.377 e. The Labute approximate surface area is 134 Å². The summed E-state index contributed by atoms with van der Waals surface area (Å²) in [5.41, 5.74) is 1.88. The van der Waals surface area contributed by atoms with Gasteiger partial charge in [0.15, 0.2) is 0 Å². The molecule has 2 aromatic rings. The Morgan fingerprint density at radius 1 is 1.24 bits per heavy atom. The van der Waals surface area contributed by atoms with Crippen molar-refractivity contribution in [1.82, 2.24) is 5.16 Å². The zero-order valence-electron chi connectivity index (χ0n) is 11.8. The van der Waals surface area contributed by atoms with Crippen LogP contribution in [0.5, 0.6) is 0 Å². The molecule has 1 saturated heterocycles. The fraction of sp³-hybridized carbons (Fsp3) is 0.438. The van der Waals surface area contributed by atoms with Crippen LogP contribution in [0.1, 0.15) is 25.0 Å². The molecular formula is C16H18ClNO2S. The topological polar surface area (TPSA) is 35.3 Å². The molecule has 1 atom stereocenters. The predicted octanol–water partition coefficient (Wildman–Crippen LogP) is 4.80. The van der Waals surface area contributed by atoms with E-state index < -0.39 is 0 Å². The number of nitrogens with zero attached hydrogens (tertiary/aromatic N) is 1. The number of hydrogen-bond acceptors (Lipinski definition) is 4. The molecule has 1 aliphatic rings. The Kier molecular flexibility index (Phi) is 5.22. The smallest absolute Gasteiger partial charge is 0.147 e. The van der Waals surface area contributed by atoms with Gasteiger partial charge in [-0.05, 0) is 31.4 Å². The summed E-state index contributed by atoms with van der Waals surface area (Å²) in [6.45, 7) is 0.911. The quantitative estimate of drug-likeness (QED) is 0.792. The number of ether oxygens (including phenoxy) is 1. The van der Waals surface area contributed by atoms with Gasteiger partial charge >= 0.3 is 0 Å². The SMILES string of the molecule is Clc1ccc(-c2cc(CSCC3CCCCO3)on2)cc1.